The Kier molecular flexibility index (Phi) is 11.9. The van der Waals surface area contributed by atoms with Crippen LogP contribution in [-0.2, 0) is 0 Å². The topological polar surface area (TPSA) is 0 Å². The first-order valence-corrected chi connectivity index (χ1v) is 3.40. The maximum absolute atomic E-state index is 3.10. The molecule has 0 aromatic rings. The third-order valence-corrected chi connectivity index (χ3v) is 0. The van der Waals surface area contributed by atoms with Gasteiger partial charge in [0.1, 0.15) is 0 Å². The summed E-state index contributed by atoms with van der Waals surface area (Å²) in [6.07, 6.45) is 0. The highest BCUT2D eigenvalue weighted by molar-refractivity contribution is 9.69. The van der Waals surface area contributed by atoms with E-state index in [1.54, 1.807) is 0 Å². The van der Waals surface area contributed by atoms with Gasteiger partial charge in [0, 0.05) is 0 Å². The number of hydrogen-bond donors (Lipinski definition) is 0. The lowest BCUT2D eigenvalue weighted by molar-refractivity contribution is 4.99. The van der Waals surface area contributed by atoms with E-state index in [0.29, 0.717) is 0 Å². The van der Waals surface area contributed by atoms with Gasteiger partial charge in [-0.15, -0.1) is 47.3 Å². The fraction of sp³-hybridized carbons (Fsp3) is 0. The second-order valence-electron chi connectivity index (χ2n) is 0.247. The van der Waals surface area contributed by atoms with Gasteiger partial charge in [-0.25, -0.2) is 0 Å². The second kappa shape index (κ2) is 5.93. The molecule has 0 aliphatic rings. The number of rotatable bonds is 0. The zero-order valence-electron chi connectivity index (χ0n) is 2.42. The van der Waals surface area contributed by atoms with Crippen molar-refractivity contribution in [1.29, 1.82) is 0 Å². The Balaban J connectivity index is 0. The summed E-state index contributed by atoms with van der Waals surface area (Å²) >= 11 is 9.31. The minimum atomic E-state index is 0. The summed E-state index contributed by atoms with van der Waals surface area (Å²) in [7, 11) is 0. The Morgan fingerprint density at radius 2 is 1.00 bits per heavy atom. The van der Waals surface area contributed by atoms with Crippen LogP contribution >= 0.6 is 57.2 Å². The highest BCUT2D eigenvalue weighted by Gasteiger charge is 1.87. The van der Waals surface area contributed by atoms with Gasteiger partial charge < -0.3 is 0 Å². The van der Waals surface area contributed by atoms with Crippen LogP contribution in [0, 0.1) is 0 Å². The van der Waals surface area contributed by atoms with Gasteiger partial charge in [0.2, 0.25) is 0 Å². The molecule has 0 aliphatic heterocycles. The summed E-state index contributed by atoms with van der Waals surface area (Å²) in [5, 5.41) is 0. The minimum Gasteiger partial charge on any atom is -0.153 e. The summed E-state index contributed by atoms with van der Waals surface area (Å²) in [4.78, 5) is 0. The van der Waals surface area contributed by atoms with Crippen molar-refractivity contribution in [3.05, 3.63) is 0 Å². The first-order valence-electron chi connectivity index (χ1n) is 0.655. The lowest BCUT2D eigenvalue weighted by atomic mass is 10.8. The normalized spacial score (nSPS) is 5.40. The molecule has 0 radical (unpaired) electrons. The number of hydrogen-bond acceptors (Lipinski definition) is 0. The van der Waals surface area contributed by atoms with Crippen LogP contribution in [0.4, 0.5) is 0 Å². The van der Waals surface area contributed by atoms with E-state index in [1.807, 2.05) is 0 Å². The molecule has 0 amide bonds. The first-order chi connectivity index (χ1) is 1.73. The predicted molar refractivity (Wildman–Crippen MR) is 43.6 cm³/mol. The van der Waals surface area contributed by atoms with Crippen LogP contribution in [0.1, 0.15) is 0 Å². The molecule has 0 saturated carbocycles. The average Bonchev–Trinajstić information content (AvgIpc) is 0.811. The van der Waals surface area contributed by atoms with Crippen molar-refractivity contribution < 1.29 is 0 Å². The lowest BCUT2D eigenvalue weighted by Crippen LogP contribution is -1.60. The molecule has 0 spiro atoms. The van der Waals surface area contributed by atoms with Gasteiger partial charge in [-0.2, -0.15) is 9.90 Å². The predicted octanol–water partition coefficient (Wildman–Crippen LogP) is 2.21. The van der Waals surface area contributed by atoms with E-state index in [-0.39, 0.29) is 13.1 Å². The first kappa shape index (κ1) is 10.0. The van der Waals surface area contributed by atoms with Crippen molar-refractivity contribution in [2.75, 3.05) is 0 Å². The Labute approximate surface area is 60.1 Å². The molecule has 0 aromatic carbocycles. The molecule has 1 unspecified atom stereocenters. The van der Waals surface area contributed by atoms with Crippen LogP contribution in [0.15, 0.2) is 0 Å². The fourth-order valence-corrected chi connectivity index (χ4v) is 0. The molecule has 0 heterocycles. The van der Waals surface area contributed by atoms with Gasteiger partial charge in [0.05, 0.1) is 0 Å². The molecule has 0 nitrogen and oxygen atoms in total. The molecule has 1 atom stereocenters. The van der Waals surface area contributed by atoms with Gasteiger partial charge in [-0.3, -0.25) is 0 Å². The molecule has 5 heteroatoms. The van der Waals surface area contributed by atoms with Crippen LogP contribution in [-0.4, -0.2) is 3.18 Å². The van der Waals surface area contributed by atoms with E-state index in [4.69, 9.17) is 0 Å². The standard InChI is InChI=1S/BBr3.H3P/c2-1(3)4;/h;1H3. The monoisotopic (exact) mass is 282 g/mol. The quantitative estimate of drug-likeness (QED) is 0.473. The average molecular weight is 285 g/mol. The highest BCUT2D eigenvalue weighted by atomic mass is 79.9. The SMILES string of the molecule is BrB(Br)Br.P. The van der Waals surface area contributed by atoms with Crippen LogP contribution in [0.2, 0.25) is 0 Å². The molecule has 0 N–H and O–H groups in total. The van der Waals surface area contributed by atoms with Crippen molar-refractivity contribution in [2.24, 2.45) is 0 Å². The van der Waals surface area contributed by atoms with Crippen LogP contribution in [0.5, 0.6) is 0 Å². The smallest absolute Gasteiger partial charge is 0.153 e. The van der Waals surface area contributed by atoms with E-state index >= 15 is 0 Å². The van der Waals surface area contributed by atoms with Crippen molar-refractivity contribution in [3.63, 3.8) is 0 Å². The van der Waals surface area contributed by atoms with Crippen molar-refractivity contribution in [2.45, 2.75) is 0 Å². The van der Waals surface area contributed by atoms with Gasteiger partial charge >= 0.3 is 3.18 Å². The maximum Gasteiger partial charge on any atom is 0.369 e. The summed E-state index contributed by atoms with van der Waals surface area (Å²) in [5.74, 6) is 0. The minimum absolute atomic E-state index is 0. The van der Waals surface area contributed by atoms with E-state index < -0.39 is 0 Å². The summed E-state index contributed by atoms with van der Waals surface area (Å²) in [5.41, 5.74) is 0. The van der Waals surface area contributed by atoms with Crippen molar-refractivity contribution in [3.8, 4) is 0 Å². The molecule has 5 heavy (non-hydrogen) atoms. The Hall–Kier alpha value is 1.93. The largest absolute Gasteiger partial charge is 0.369 e. The van der Waals surface area contributed by atoms with Crippen molar-refractivity contribution in [1.82, 2.24) is 0 Å². The van der Waals surface area contributed by atoms with Crippen LogP contribution in [0.3, 0.4) is 0 Å². The van der Waals surface area contributed by atoms with E-state index in [0.717, 1.165) is 0 Å². The van der Waals surface area contributed by atoms with Crippen molar-refractivity contribution >= 4 is 60.4 Å². The summed E-state index contributed by atoms with van der Waals surface area (Å²) in [6, 6.07) is 0. The summed E-state index contributed by atoms with van der Waals surface area (Å²) < 4.78 is 0.271. The zero-order valence-corrected chi connectivity index (χ0v) is 8.59. The second-order valence-corrected chi connectivity index (χ2v) is 6.68. The molecule has 32 valence electrons. The van der Waals surface area contributed by atoms with E-state index in [1.165, 1.54) is 0 Å². The van der Waals surface area contributed by atoms with E-state index in [9.17, 15) is 0 Å². The van der Waals surface area contributed by atoms with Gasteiger partial charge in [0.25, 0.3) is 0 Å². The van der Waals surface area contributed by atoms with Crippen LogP contribution < -0.4 is 0 Å². The maximum atomic E-state index is 3.10. The van der Waals surface area contributed by atoms with Gasteiger partial charge in [-0.05, 0) is 0 Å². The molecule has 0 fully saturated rings. The molecular weight excluding hydrogens is 281 g/mol. The van der Waals surface area contributed by atoms with Gasteiger partial charge in [0.15, 0.2) is 0 Å². The fourth-order valence-electron chi connectivity index (χ4n) is 0. The Bertz CT molecular complexity index is 11.6. The van der Waals surface area contributed by atoms with E-state index in [2.05, 4.69) is 47.3 Å². The Morgan fingerprint density at radius 1 is 1.00 bits per heavy atom. The molecule has 0 saturated heterocycles. The molecule has 0 aromatic heterocycles. The third kappa shape index (κ3) is 24.5. The summed E-state index contributed by atoms with van der Waals surface area (Å²) in [6.45, 7) is 0. The highest BCUT2D eigenvalue weighted by Crippen LogP contribution is 2.07. The molecule has 0 rings (SSSR count). The number of halogens is 3. The molecular formula is H3BBr3P. The van der Waals surface area contributed by atoms with Gasteiger partial charge in [-0.1, -0.05) is 0 Å². The van der Waals surface area contributed by atoms with Crippen LogP contribution in [0.25, 0.3) is 0 Å². The lowest BCUT2D eigenvalue weighted by Gasteiger charge is -1.63. The Morgan fingerprint density at radius 3 is 1.00 bits per heavy atom. The zero-order chi connectivity index (χ0) is 3.58. The molecule has 0 aliphatic carbocycles. The molecule has 0 bridgehead atoms. The third-order valence-electron chi connectivity index (χ3n) is 0.